The Morgan fingerprint density at radius 2 is 1.94 bits per heavy atom. The van der Waals surface area contributed by atoms with Crippen molar-refractivity contribution in [2.75, 3.05) is 26.7 Å². The average Bonchev–Trinajstić information content (AvgIpc) is 2.36. The Labute approximate surface area is 105 Å². The number of rotatable bonds is 9. The molecule has 1 rings (SSSR count). The van der Waals surface area contributed by atoms with Crippen molar-refractivity contribution in [3.8, 4) is 0 Å². The van der Waals surface area contributed by atoms with E-state index in [4.69, 9.17) is 4.74 Å². The lowest BCUT2D eigenvalue weighted by Crippen LogP contribution is -2.32. The van der Waals surface area contributed by atoms with Gasteiger partial charge in [0.2, 0.25) is 0 Å². The molecule has 0 amide bonds. The minimum absolute atomic E-state index is 0.413. The van der Waals surface area contributed by atoms with E-state index in [9.17, 15) is 0 Å². The highest BCUT2D eigenvalue weighted by atomic mass is 16.5. The zero-order valence-electron chi connectivity index (χ0n) is 10.9. The summed E-state index contributed by atoms with van der Waals surface area (Å²) in [4.78, 5) is 0. The van der Waals surface area contributed by atoms with Crippen molar-refractivity contribution in [1.82, 2.24) is 10.6 Å². The topological polar surface area (TPSA) is 33.3 Å². The molecular weight excluding hydrogens is 212 g/mol. The standard InChI is InChI=1S/C14H24N2O/c1-13(16-10-6-9-15-2)11-17-12-14-7-4-3-5-8-14/h3-5,7-8,13,15-16H,6,9-12H2,1-2H3. The third-order valence-corrected chi connectivity index (χ3v) is 2.58. The molecule has 0 saturated carbocycles. The van der Waals surface area contributed by atoms with Gasteiger partial charge >= 0.3 is 0 Å². The molecule has 1 atom stereocenters. The van der Waals surface area contributed by atoms with Crippen LogP contribution in [0.5, 0.6) is 0 Å². The summed E-state index contributed by atoms with van der Waals surface area (Å²) in [6.45, 7) is 5.71. The fourth-order valence-corrected chi connectivity index (χ4v) is 1.60. The second kappa shape index (κ2) is 9.16. The zero-order chi connectivity index (χ0) is 12.3. The third-order valence-electron chi connectivity index (χ3n) is 2.58. The highest BCUT2D eigenvalue weighted by Gasteiger charge is 2.00. The summed E-state index contributed by atoms with van der Waals surface area (Å²) >= 11 is 0. The minimum Gasteiger partial charge on any atom is -0.375 e. The van der Waals surface area contributed by atoms with E-state index in [1.54, 1.807) is 0 Å². The van der Waals surface area contributed by atoms with Gasteiger partial charge in [-0.15, -0.1) is 0 Å². The molecule has 0 saturated heterocycles. The summed E-state index contributed by atoms with van der Waals surface area (Å²) in [7, 11) is 1.98. The summed E-state index contributed by atoms with van der Waals surface area (Å²) in [5.74, 6) is 0. The van der Waals surface area contributed by atoms with E-state index in [1.807, 2.05) is 25.2 Å². The molecule has 0 bridgehead atoms. The van der Waals surface area contributed by atoms with Crippen molar-refractivity contribution in [2.24, 2.45) is 0 Å². The smallest absolute Gasteiger partial charge is 0.0717 e. The molecule has 0 fully saturated rings. The Balaban J connectivity index is 2.02. The van der Waals surface area contributed by atoms with Crippen molar-refractivity contribution in [1.29, 1.82) is 0 Å². The van der Waals surface area contributed by atoms with Gasteiger partial charge in [0.15, 0.2) is 0 Å². The van der Waals surface area contributed by atoms with Crippen LogP contribution in [0.15, 0.2) is 30.3 Å². The molecular formula is C14H24N2O. The molecule has 17 heavy (non-hydrogen) atoms. The van der Waals surface area contributed by atoms with E-state index in [0.29, 0.717) is 12.6 Å². The summed E-state index contributed by atoms with van der Waals surface area (Å²) in [6, 6.07) is 10.7. The number of ether oxygens (including phenoxy) is 1. The summed E-state index contributed by atoms with van der Waals surface area (Å²) < 4.78 is 5.66. The van der Waals surface area contributed by atoms with Crippen LogP contribution >= 0.6 is 0 Å². The first-order valence-corrected chi connectivity index (χ1v) is 6.32. The maximum atomic E-state index is 5.66. The van der Waals surface area contributed by atoms with Gasteiger partial charge in [0.1, 0.15) is 0 Å². The SMILES string of the molecule is CNCCCNC(C)COCc1ccccc1. The van der Waals surface area contributed by atoms with Crippen LogP contribution in [-0.2, 0) is 11.3 Å². The quantitative estimate of drug-likeness (QED) is 0.641. The normalized spacial score (nSPS) is 12.6. The molecule has 0 radical (unpaired) electrons. The first-order valence-electron chi connectivity index (χ1n) is 6.32. The Kier molecular flexibility index (Phi) is 7.63. The summed E-state index contributed by atoms with van der Waals surface area (Å²) in [5.41, 5.74) is 1.23. The fraction of sp³-hybridized carbons (Fsp3) is 0.571. The molecule has 3 heteroatoms. The molecule has 0 aliphatic heterocycles. The van der Waals surface area contributed by atoms with Gasteiger partial charge in [-0.3, -0.25) is 0 Å². The maximum absolute atomic E-state index is 5.66. The van der Waals surface area contributed by atoms with Crippen LogP contribution in [-0.4, -0.2) is 32.8 Å². The monoisotopic (exact) mass is 236 g/mol. The van der Waals surface area contributed by atoms with Gasteiger partial charge in [-0.2, -0.15) is 0 Å². The van der Waals surface area contributed by atoms with Crippen LogP contribution in [0.25, 0.3) is 0 Å². The van der Waals surface area contributed by atoms with Crippen molar-refractivity contribution in [2.45, 2.75) is 26.0 Å². The number of hydrogen-bond acceptors (Lipinski definition) is 3. The molecule has 2 N–H and O–H groups in total. The van der Waals surface area contributed by atoms with Crippen LogP contribution in [0.2, 0.25) is 0 Å². The van der Waals surface area contributed by atoms with Gasteiger partial charge in [-0.25, -0.2) is 0 Å². The van der Waals surface area contributed by atoms with Crippen molar-refractivity contribution < 1.29 is 4.74 Å². The lowest BCUT2D eigenvalue weighted by atomic mass is 10.2. The molecule has 1 unspecified atom stereocenters. The highest BCUT2D eigenvalue weighted by Crippen LogP contribution is 2.00. The van der Waals surface area contributed by atoms with Crippen LogP contribution in [0, 0.1) is 0 Å². The van der Waals surface area contributed by atoms with Gasteiger partial charge in [0, 0.05) is 6.04 Å². The van der Waals surface area contributed by atoms with Gasteiger partial charge in [0.05, 0.1) is 13.2 Å². The number of hydrogen-bond donors (Lipinski definition) is 2. The van der Waals surface area contributed by atoms with E-state index in [-0.39, 0.29) is 0 Å². The van der Waals surface area contributed by atoms with Gasteiger partial charge < -0.3 is 15.4 Å². The van der Waals surface area contributed by atoms with Crippen LogP contribution < -0.4 is 10.6 Å². The molecule has 96 valence electrons. The van der Waals surface area contributed by atoms with Crippen LogP contribution in [0.3, 0.4) is 0 Å². The molecule has 0 spiro atoms. The van der Waals surface area contributed by atoms with Gasteiger partial charge in [0.25, 0.3) is 0 Å². The van der Waals surface area contributed by atoms with Crippen molar-refractivity contribution in [3.05, 3.63) is 35.9 Å². The van der Waals surface area contributed by atoms with E-state index >= 15 is 0 Å². The average molecular weight is 236 g/mol. The van der Waals surface area contributed by atoms with Gasteiger partial charge in [-0.05, 0) is 39.0 Å². The van der Waals surface area contributed by atoms with E-state index in [2.05, 4.69) is 29.7 Å². The Bertz CT molecular complexity index is 277. The lowest BCUT2D eigenvalue weighted by molar-refractivity contribution is 0.103. The molecule has 0 aliphatic rings. The Hall–Kier alpha value is -0.900. The largest absolute Gasteiger partial charge is 0.375 e. The maximum Gasteiger partial charge on any atom is 0.0717 e. The van der Waals surface area contributed by atoms with Crippen molar-refractivity contribution >= 4 is 0 Å². The second-order valence-electron chi connectivity index (χ2n) is 4.31. The Morgan fingerprint density at radius 1 is 1.18 bits per heavy atom. The third kappa shape index (κ3) is 7.10. The lowest BCUT2D eigenvalue weighted by Gasteiger charge is -2.14. The first-order chi connectivity index (χ1) is 8.33. The van der Waals surface area contributed by atoms with E-state index in [0.717, 1.165) is 26.1 Å². The molecule has 3 nitrogen and oxygen atoms in total. The molecule has 1 aromatic rings. The number of nitrogens with one attached hydrogen (secondary N) is 2. The van der Waals surface area contributed by atoms with Crippen LogP contribution in [0.4, 0.5) is 0 Å². The molecule has 1 aromatic carbocycles. The summed E-state index contributed by atoms with van der Waals surface area (Å²) in [5, 5.41) is 6.57. The fourth-order valence-electron chi connectivity index (χ4n) is 1.60. The molecule has 0 heterocycles. The predicted molar refractivity (Wildman–Crippen MR) is 72.1 cm³/mol. The molecule has 0 aromatic heterocycles. The van der Waals surface area contributed by atoms with Gasteiger partial charge in [-0.1, -0.05) is 30.3 Å². The second-order valence-corrected chi connectivity index (χ2v) is 4.31. The minimum atomic E-state index is 0.413. The Morgan fingerprint density at radius 3 is 2.65 bits per heavy atom. The molecule has 0 aliphatic carbocycles. The highest BCUT2D eigenvalue weighted by molar-refractivity contribution is 5.13. The number of benzene rings is 1. The van der Waals surface area contributed by atoms with Crippen molar-refractivity contribution in [3.63, 3.8) is 0 Å². The first kappa shape index (κ1) is 14.2. The van der Waals surface area contributed by atoms with E-state index < -0.39 is 0 Å². The summed E-state index contributed by atoms with van der Waals surface area (Å²) in [6.07, 6.45) is 1.15. The van der Waals surface area contributed by atoms with Crippen LogP contribution in [0.1, 0.15) is 18.9 Å². The predicted octanol–water partition coefficient (Wildman–Crippen LogP) is 1.79. The van der Waals surface area contributed by atoms with E-state index in [1.165, 1.54) is 5.56 Å². The zero-order valence-corrected chi connectivity index (χ0v) is 10.9.